The van der Waals surface area contributed by atoms with Gasteiger partial charge in [0.15, 0.2) is 0 Å². The van der Waals surface area contributed by atoms with Crippen LogP contribution < -0.4 is 31.9 Å². The van der Waals surface area contributed by atoms with Gasteiger partial charge in [0.2, 0.25) is 35.4 Å². The molecule has 2 heterocycles. The van der Waals surface area contributed by atoms with Gasteiger partial charge in [0.05, 0.1) is 20.2 Å². The van der Waals surface area contributed by atoms with Gasteiger partial charge < -0.3 is 41.7 Å². The van der Waals surface area contributed by atoms with Crippen LogP contribution in [0.25, 0.3) is 0 Å². The maximum atomic E-state index is 12.8. The van der Waals surface area contributed by atoms with Crippen LogP contribution in [0.15, 0.2) is 0 Å². The number of carbonyl (C=O) groups is 8. The van der Waals surface area contributed by atoms with E-state index < -0.39 is 36.1 Å². The van der Waals surface area contributed by atoms with E-state index in [2.05, 4.69) is 64.5 Å². The molecule has 2 aliphatic carbocycles. The monoisotopic (exact) mass is 955 g/mol. The molecule has 2 saturated heterocycles. The van der Waals surface area contributed by atoms with Crippen molar-refractivity contribution in [1.82, 2.24) is 41.7 Å². The number of carboxylic acids is 1. The topological polar surface area (TPSA) is 245 Å². The van der Waals surface area contributed by atoms with E-state index >= 15 is 0 Å². The third kappa shape index (κ3) is 21.3. The smallest absolute Gasteiger partial charge is 0.328 e. The molecule has 0 spiro atoms. The van der Waals surface area contributed by atoms with Crippen molar-refractivity contribution in [2.45, 2.75) is 141 Å². The molecule has 0 unspecified atom stereocenters. The summed E-state index contributed by atoms with van der Waals surface area (Å²) in [6.45, 7) is 11.1. The van der Waals surface area contributed by atoms with E-state index in [4.69, 9.17) is 4.74 Å². The third-order valence-electron chi connectivity index (χ3n) is 12.7. The Kier molecular flexibility index (Phi) is 25.0. The Balaban J connectivity index is 0.000000345. The zero-order valence-corrected chi connectivity index (χ0v) is 41.4. The number of hydrogen-bond acceptors (Lipinski definition) is 13. The van der Waals surface area contributed by atoms with E-state index in [1.54, 1.807) is 23.5 Å². The highest BCUT2D eigenvalue weighted by Crippen LogP contribution is 2.31. The van der Waals surface area contributed by atoms with Crippen molar-refractivity contribution in [3.8, 4) is 0 Å². The molecular weight excluding hydrogens is 877 g/mol. The molecule has 6 amide bonds. The average Bonchev–Trinajstić information content (AvgIpc) is 4.19. The number of nitrogens with zero attached hydrogens (tertiary/aromatic N) is 2. The maximum absolute atomic E-state index is 12.8. The van der Waals surface area contributed by atoms with Crippen molar-refractivity contribution in [3.63, 3.8) is 0 Å². The van der Waals surface area contributed by atoms with E-state index in [9.17, 15) is 43.5 Å². The van der Waals surface area contributed by atoms with Crippen molar-refractivity contribution >= 4 is 70.9 Å². The van der Waals surface area contributed by atoms with Crippen LogP contribution in [0.4, 0.5) is 0 Å². The van der Waals surface area contributed by atoms with Crippen LogP contribution in [-0.2, 0) is 43.1 Å². The number of hydrogen-bond donors (Lipinski definition) is 7. The van der Waals surface area contributed by atoms with Crippen molar-refractivity contribution in [1.29, 1.82) is 0 Å². The van der Waals surface area contributed by atoms with Gasteiger partial charge in [-0.3, -0.25) is 38.6 Å². The largest absolute Gasteiger partial charge is 0.480 e. The molecule has 18 nitrogen and oxygen atoms in total. The molecule has 65 heavy (non-hydrogen) atoms. The number of ether oxygens (including phenoxy) is 1. The molecule has 2 aliphatic heterocycles. The molecule has 7 N–H and O–H groups in total. The molecule has 4 rings (SSSR count). The first-order valence-electron chi connectivity index (χ1n) is 23.5. The second kappa shape index (κ2) is 29.2. The highest BCUT2D eigenvalue weighted by atomic mass is 32.2. The molecule has 2 saturated carbocycles. The maximum Gasteiger partial charge on any atom is 0.328 e. The Morgan fingerprint density at radius 2 is 1.08 bits per heavy atom. The van der Waals surface area contributed by atoms with Crippen LogP contribution in [0.5, 0.6) is 0 Å². The summed E-state index contributed by atoms with van der Waals surface area (Å²) >= 11 is 3.15. The summed E-state index contributed by atoms with van der Waals surface area (Å²) in [5, 5.41) is 26.5. The Morgan fingerprint density at radius 3 is 1.40 bits per heavy atom. The lowest BCUT2D eigenvalue weighted by Crippen LogP contribution is -2.54. The molecule has 20 heteroatoms. The molecule has 8 atom stereocenters. The van der Waals surface area contributed by atoms with Crippen LogP contribution in [0.1, 0.15) is 105 Å². The van der Waals surface area contributed by atoms with Crippen LogP contribution in [0.2, 0.25) is 0 Å². The minimum absolute atomic E-state index is 0.0936. The number of carbonyl (C=O) groups excluding carboxylic acids is 7. The van der Waals surface area contributed by atoms with Crippen molar-refractivity contribution in [3.05, 3.63) is 0 Å². The molecule has 0 bridgehead atoms. The van der Waals surface area contributed by atoms with Gasteiger partial charge in [0.1, 0.15) is 24.2 Å². The molecule has 0 radical (unpaired) electrons. The van der Waals surface area contributed by atoms with Crippen LogP contribution >= 0.6 is 23.5 Å². The minimum Gasteiger partial charge on any atom is -0.480 e. The highest BCUT2D eigenvalue weighted by molar-refractivity contribution is 7.98. The van der Waals surface area contributed by atoms with Gasteiger partial charge in [-0.2, -0.15) is 23.5 Å². The molecule has 4 aliphatic rings. The fraction of sp³-hybridized carbons (Fsp3) is 0.822. The standard InChI is InChI=1S/C23H40N4O5S.C22H38N4O5S/c1-5-15(2)19(26-22(30)17-8-9-20(28)24-17)13-27(12-16-6-7-16)14-21(29)25-18(10-11-33-4)23(31)32-3;1-4-14(2)18(25-21(29)16-7-8-19(27)23-16)12-26(11-15-5-6-15)13-20(28)24-17(22(30)31)9-10-32-3/h15-19H,5-14H2,1-4H3,(H,24,28)(H,25,29)(H,26,30);14-18H,4-13H2,1-3H3,(H,23,27)(H,24,28)(H,25,29)(H,30,31)/t15-,17-,18-,19+;14-,16-,17-,18+/m00/s1. The Hall–Kier alpha value is -3.62. The zero-order valence-electron chi connectivity index (χ0n) is 39.7. The number of esters is 1. The fourth-order valence-corrected chi connectivity index (χ4v) is 8.74. The second-order valence-electron chi connectivity index (χ2n) is 18.3. The number of rotatable bonds is 30. The SMILES string of the molecule is CC[C@H](C)[C@@H](CN(CC(=O)N[C@@H](CCSC)C(=O)O)CC1CC1)NC(=O)[C@@H]1CCC(=O)N1.CC[C@H](C)[C@@H](CN(CC(=O)N[C@@H](CCSC)C(=O)OC)CC1CC1)NC(=O)[C@@H]1CCC(=O)N1. The number of nitrogens with one attached hydrogen (secondary N) is 6. The van der Waals surface area contributed by atoms with Gasteiger partial charge in [-0.1, -0.05) is 40.5 Å². The Labute approximate surface area is 394 Å². The summed E-state index contributed by atoms with van der Waals surface area (Å²) < 4.78 is 4.85. The zero-order chi connectivity index (χ0) is 48.1. The summed E-state index contributed by atoms with van der Waals surface area (Å²) in [6.07, 6.45) is 12.8. The quantitative estimate of drug-likeness (QED) is 0.0508. The number of carboxylic acid groups (broad SMARTS) is 1. The summed E-state index contributed by atoms with van der Waals surface area (Å²) in [5.74, 6) is 0.369. The van der Waals surface area contributed by atoms with Crippen molar-refractivity contribution in [2.75, 3.05) is 70.4 Å². The van der Waals surface area contributed by atoms with Gasteiger partial charge in [-0.05, 0) is 99.1 Å². The van der Waals surface area contributed by atoms with E-state index in [1.165, 1.54) is 7.11 Å². The minimum atomic E-state index is -1.02. The predicted molar refractivity (Wildman–Crippen MR) is 253 cm³/mol. The summed E-state index contributed by atoms with van der Waals surface area (Å²) in [5.41, 5.74) is 0. The lowest BCUT2D eigenvalue weighted by atomic mass is 9.97. The van der Waals surface area contributed by atoms with Gasteiger partial charge in [0.25, 0.3) is 0 Å². The lowest BCUT2D eigenvalue weighted by Gasteiger charge is -2.32. The molecule has 0 aromatic rings. The molecule has 4 fully saturated rings. The van der Waals surface area contributed by atoms with E-state index in [1.807, 2.05) is 17.4 Å². The third-order valence-corrected chi connectivity index (χ3v) is 14.0. The first-order chi connectivity index (χ1) is 31.0. The molecular formula is C45H78N8O10S2. The number of methoxy groups -OCH3 is 1. The van der Waals surface area contributed by atoms with Gasteiger partial charge in [0, 0.05) is 51.1 Å². The van der Waals surface area contributed by atoms with Gasteiger partial charge >= 0.3 is 11.9 Å². The molecule has 370 valence electrons. The van der Waals surface area contributed by atoms with Crippen molar-refractivity contribution in [2.24, 2.45) is 23.7 Å². The van der Waals surface area contributed by atoms with Crippen LogP contribution in [0, 0.1) is 23.7 Å². The van der Waals surface area contributed by atoms with Gasteiger partial charge in [-0.25, -0.2) is 9.59 Å². The number of thioether (sulfide) groups is 2. The Morgan fingerprint density at radius 1 is 0.677 bits per heavy atom. The van der Waals surface area contributed by atoms with Crippen molar-refractivity contribution < 1.29 is 48.2 Å². The fourth-order valence-electron chi connectivity index (χ4n) is 7.79. The summed E-state index contributed by atoms with van der Waals surface area (Å²) in [6, 6.07) is -2.84. The first kappa shape index (κ1) is 55.7. The van der Waals surface area contributed by atoms with E-state index in [0.29, 0.717) is 69.2 Å². The highest BCUT2D eigenvalue weighted by Gasteiger charge is 2.35. The van der Waals surface area contributed by atoms with Crippen LogP contribution in [-0.4, -0.2) is 169 Å². The molecule has 0 aromatic carbocycles. The predicted octanol–water partition coefficient (Wildman–Crippen LogP) is 1.75. The average molecular weight is 955 g/mol. The Bertz CT molecular complexity index is 1590. The summed E-state index contributed by atoms with van der Waals surface area (Å²) in [7, 11) is 1.33. The van der Waals surface area contributed by atoms with E-state index in [-0.39, 0.29) is 72.5 Å². The lowest BCUT2D eigenvalue weighted by molar-refractivity contribution is -0.145. The summed E-state index contributed by atoms with van der Waals surface area (Å²) in [4.78, 5) is 102. The molecule has 0 aromatic heterocycles. The van der Waals surface area contributed by atoms with E-state index in [0.717, 1.165) is 57.4 Å². The van der Waals surface area contributed by atoms with Crippen LogP contribution in [0.3, 0.4) is 0 Å². The number of aliphatic carboxylic acids is 1. The second-order valence-corrected chi connectivity index (χ2v) is 20.2. The number of amides is 6. The normalized spacial score (nSPS) is 20.8. The van der Waals surface area contributed by atoms with Gasteiger partial charge in [-0.15, -0.1) is 0 Å². The first-order valence-corrected chi connectivity index (χ1v) is 26.3.